The van der Waals surface area contributed by atoms with Crippen molar-refractivity contribution in [2.24, 2.45) is 0 Å². The molecule has 1 fully saturated rings. The second-order valence-corrected chi connectivity index (χ2v) is 9.39. The van der Waals surface area contributed by atoms with Crippen LogP contribution >= 0.6 is 0 Å². The Morgan fingerprint density at radius 1 is 1.06 bits per heavy atom. The van der Waals surface area contributed by atoms with Gasteiger partial charge < -0.3 is 9.64 Å². The Bertz CT molecular complexity index is 1130. The summed E-state index contributed by atoms with van der Waals surface area (Å²) < 4.78 is 112. The molecule has 1 aliphatic rings. The van der Waals surface area contributed by atoms with E-state index in [9.17, 15) is 39.6 Å². The lowest BCUT2D eigenvalue weighted by atomic mass is 10.2. The van der Waals surface area contributed by atoms with Gasteiger partial charge in [0, 0.05) is 12.7 Å². The van der Waals surface area contributed by atoms with Gasteiger partial charge in [0.1, 0.15) is 11.9 Å². The highest BCUT2D eigenvalue weighted by Gasteiger charge is 2.49. The molecule has 2 atom stereocenters. The molecule has 3 rings (SSSR count). The minimum atomic E-state index is -4.98. The summed E-state index contributed by atoms with van der Waals surface area (Å²) in [6.45, 7) is 0.636. The van der Waals surface area contributed by atoms with E-state index in [-0.39, 0.29) is 6.61 Å². The van der Waals surface area contributed by atoms with Crippen LogP contribution in [0.4, 0.5) is 32.2 Å². The second kappa shape index (κ2) is 8.84. The summed E-state index contributed by atoms with van der Waals surface area (Å²) in [4.78, 5) is 16.0. The van der Waals surface area contributed by atoms with E-state index < -0.39 is 74.3 Å². The third kappa shape index (κ3) is 4.92. The first-order chi connectivity index (χ1) is 15.3. The van der Waals surface area contributed by atoms with Gasteiger partial charge in [-0.25, -0.2) is 18.2 Å². The number of anilines is 1. The van der Waals surface area contributed by atoms with Crippen LogP contribution in [-0.2, 0) is 31.7 Å². The SMILES string of the molecule is CCOC(=O)C1C[C@@H](S(=O)(=O)c2ccccc2C(F)(F)F)CN1c1ncccc1C(F)(F)F. The van der Waals surface area contributed by atoms with Gasteiger partial charge in [-0.05, 0) is 37.6 Å². The molecule has 0 amide bonds. The number of alkyl halides is 6. The van der Waals surface area contributed by atoms with E-state index in [1.54, 1.807) is 0 Å². The Balaban J connectivity index is 2.09. The van der Waals surface area contributed by atoms with E-state index in [1.165, 1.54) is 6.92 Å². The fourth-order valence-electron chi connectivity index (χ4n) is 3.69. The number of carbonyl (C=O) groups is 1. The summed E-state index contributed by atoms with van der Waals surface area (Å²) in [5.74, 6) is -1.71. The van der Waals surface area contributed by atoms with Gasteiger partial charge in [0.05, 0.1) is 27.9 Å². The van der Waals surface area contributed by atoms with Crippen molar-refractivity contribution in [2.45, 2.75) is 41.9 Å². The summed E-state index contributed by atoms with van der Waals surface area (Å²) in [5, 5.41) is -1.61. The molecule has 1 aliphatic heterocycles. The first-order valence-corrected chi connectivity index (χ1v) is 11.2. The van der Waals surface area contributed by atoms with E-state index in [0.29, 0.717) is 12.1 Å². The molecule has 0 bridgehead atoms. The van der Waals surface area contributed by atoms with E-state index in [0.717, 1.165) is 35.4 Å². The standard InChI is InChI=1S/C20H18F6N2O4S/c1-2-32-18(29)15-10-12(11-28(15)17-14(20(24,25)26)7-5-9-27-17)33(30,31)16-8-4-3-6-13(16)19(21,22)23/h3-9,12,15H,2,10-11H2,1H3/t12-,15?/m1/s1. The maximum absolute atomic E-state index is 13.5. The van der Waals surface area contributed by atoms with Gasteiger partial charge in [-0.15, -0.1) is 0 Å². The van der Waals surface area contributed by atoms with E-state index in [4.69, 9.17) is 4.74 Å². The fraction of sp³-hybridized carbons (Fsp3) is 0.400. The van der Waals surface area contributed by atoms with Crippen LogP contribution in [0.2, 0.25) is 0 Å². The predicted octanol–water partition coefficient (Wildman–Crippen LogP) is 4.10. The highest BCUT2D eigenvalue weighted by Crippen LogP contribution is 2.41. The molecule has 0 saturated carbocycles. The number of rotatable bonds is 5. The molecular formula is C20H18F6N2O4S. The topological polar surface area (TPSA) is 76.6 Å². The quantitative estimate of drug-likeness (QED) is 0.458. The van der Waals surface area contributed by atoms with Crippen molar-refractivity contribution in [1.82, 2.24) is 4.98 Å². The zero-order chi connectivity index (χ0) is 24.6. The maximum atomic E-state index is 13.5. The van der Waals surface area contributed by atoms with E-state index in [1.807, 2.05) is 0 Å². The van der Waals surface area contributed by atoms with Crippen LogP contribution in [0.3, 0.4) is 0 Å². The van der Waals surface area contributed by atoms with Crippen LogP contribution in [0.1, 0.15) is 24.5 Å². The van der Waals surface area contributed by atoms with Crippen LogP contribution in [0, 0.1) is 0 Å². The molecule has 1 aromatic carbocycles. The Hall–Kier alpha value is -2.83. The molecular weight excluding hydrogens is 478 g/mol. The molecule has 0 N–H and O–H groups in total. The highest BCUT2D eigenvalue weighted by atomic mass is 32.2. The summed E-state index contributed by atoms with van der Waals surface area (Å²) in [7, 11) is -4.70. The number of sulfone groups is 1. The van der Waals surface area contributed by atoms with Crippen molar-refractivity contribution in [2.75, 3.05) is 18.1 Å². The number of hydrogen-bond donors (Lipinski definition) is 0. The van der Waals surface area contributed by atoms with Crippen molar-refractivity contribution in [1.29, 1.82) is 0 Å². The number of halogens is 6. The third-order valence-corrected chi connectivity index (χ3v) is 7.31. The minimum Gasteiger partial charge on any atom is -0.464 e. The fourth-order valence-corrected chi connectivity index (χ4v) is 5.60. The van der Waals surface area contributed by atoms with Gasteiger partial charge in [-0.2, -0.15) is 26.3 Å². The summed E-state index contributed by atoms with van der Waals surface area (Å²) >= 11 is 0. The zero-order valence-corrected chi connectivity index (χ0v) is 17.8. The number of carbonyl (C=O) groups excluding carboxylic acids is 1. The lowest BCUT2D eigenvalue weighted by Crippen LogP contribution is -2.39. The van der Waals surface area contributed by atoms with Gasteiger partial charge in [0.15, 0.2) is 9.84 Å². The number of hydrogen-bond acceptors (Lipinski definition) is 6. The molecule has 180 valence electrons. The first kappa shape index (κ1) is 24.8. The maximum Gasteiger partial charge on any atom is 0.419 e. The first-order valence-electron chi connectivity index (χ1n) is 9.64. The normalized spacial score (nSPS) is 19.5. The molecule has 0 aliphatic carbocycles. The molecule has 6 nitrogen and oxygen atoms in total. The summed E-state index contributed by atoms with van der Waals surface area (Å²) in [6, 6.07) is 3.76. The van der Waals surface area contributed by atoms with Crippen LogP contribution in [-0.4, -0.2) is 43.8 Å². The largest absolute Gasteiger partial charge is 0.464 e. The monoisotopic (exact) mass is 496 g/mol. The van der Waals surface area contributed by atoms with E-state index in [2.05, 4.69) is 4.98 Å². The molecule has 1 unspecified atom stereocenters. The van der Waals surface area contributed by atoms with Crippen molar-refractivity contribution in [3.63, 3.8) is 0 Å². The molecule has 13 heteroatoms. The third-order valence-electron chi connectivity index (χ3n) is 5.12. The number of nitrogens with zero attached hydrogens (tertiary/aromatic N) is 2. The lowest BCUT2D eigenvalue weighted by molar-refractivity contribution is -0.145. The Morgan fingerprint density at radius 3 is 2.27 bits per heavy atom. The average Bonchev–Trinajstić information content (AvgIpc) is 3.19. The molecule has 1 aromatic heterocycles. The molecule has 33 heavy (non-hydrogen) atoms. The van der Waals surface area contributed by atoms with Crippen molar-refractivity contribution in [3.8, 4) is 0 Å². The second-order valence-electron chi connectivity index (χ2n) is 7.19. The van der Waals surface area contributed by atoms with Crippen LogP contribution < -0.4 is 4.90 Å². The minimum absolute atomic E-state index is 0.133. The smallest absolute Gasteiger partial charge is 0.419 e. The van der Waals surface area contributed by atoms with Crippen molar-refractivity contribution >= 4 is 21.6 Å². The van der Waals surface area contributed by atoms with Gasteiger partial charge in [0.2, 0.25) is 0 Å². The predicted molar refractivity (Wildman–Crippen MR) is 104 cm³/mol. The zero-order valence-electron chi connectivity index (χ0n) is 17.0. The van der Waals surface area contributed by atoms with Crippen LogP contribution in [0.25, 0.3) is 0 Å². The molecule has 2 heterocycles. The van der Waals surface area contributed by atoms with E-state index >= 15 is 0 Å². The number of pyridine rings is 1. The molecule has 2 aromatic rings. The van der Waals surface area contributed by atoms with Gasteiger partial charge in [-0.3, -0.25) is 0 Å². The molecule has 0 radical (unpaired) electrons. The molecule has 0 spiro atoms. The van der Waals surface area contributed by atoms with Gasteiger partial charge in [-0.1, -0.05) is 12.1 Å². The van der Waals surface area contributed by atoms with Crippen LogP contribution in [0.5, 0.6) is 0 Å². The number of esters is 1. The Morgan fingerprint density at radius 2 is 1.67 bits per heavy atom. The van der Waals surface area contributed by atoms with Gasteiger partial charge in [0.25, 0.3) is 0 Å². The van der Waals surface area contributed by atoms with Crippen molar-refractivity contribution in [3.05, 3.63) is 53.7 Å². The summed E-state index contributed by atoms with van der Waals surface area (Å²) in [6.07, 6.45) is -9.38. The molecule has 1 saturated heterocycles. The number of aromatic nitrogens is 1. The lowest BCUT2D eigenvalue weighted by Gasteiger charge is -2.26. The Labute approximate surface area is 185 Å². The highest BCUT2D eigenvalue weighted by molar-refractivity contribution is 7.92. The van der Waals surface area contributed by atoms with Crippen LogP contribution in [0.15, 0.2) is 47.5 Å². The Kier molecular flexibility index (Phi) is 6.65. The average molecular weight is 496 g/mol. The van der Waals surface area contributed by atoms with Gasteiger partial charge >= 0.3 is 18.3 Å². The number of benzene rings is 1. The summed E-state index contributed by atoms with van der Waals surface area (Å²) in [5.41, 5.74) is -2.61. The number of ether oxygens (including phenoxy) is 1. The van der Waals surface area contributed by atoms with Crippen molar-refractivity contribution < 1.29 is 44.3 Å².